The number of rotatable bonds is 5. The molecule has 0 saturated carbocycles. The zero-order valence-electron chi connectivity index (χ0n) is 12.5. The maximum atomic E-state index is 11.9. The van der Waals surface area contributed by atoms with Gasteiger partial charge in [-0.1, -0.05) is 46.3 Å². The molecule has 0 heterocycles. The molecule has 118 valence electrons. The van der Waals surface area contributed by atoms with Crippen molar-refractivity contribution in [3.8, 4) is 0 Å². The van der Waals surface area contributed by atoms with Gasteiger partial charge in [0, 0.05) is 16.2 Å². The molecule has 0 radical (unpaired) electrons. The molecule has 0 aromatic heterocycles. The SMILES string of the molecule is C[C@@H](OC(=O)/C=C/c1ccc(Br)cc1)C(=O)Nc1ccccc1. The zero-order valence-corrected chi connectivity index (χ0v) is 14.1. The minimum atomic E-state index is -0.878. The number of esters is 1. The molecule has 0 bridgehead atoms. The Morgan fingerprint density at radius 3 is 2.39 bits per heavy atom. The number of nitrogens with one attached hydrogen (secondary N) is 1. The zero-order chi connectivity index (χ0) is 16.7. The molecular weight excluding hydrogens is 358 g/mol. The van der Waals surface area contributed by atoms with E-state index in [1.54, 1.807) is 18.2 Å². The summed E-state index contributed by atoms with van der Waals surface area (Å²) in [7, 11) is 0. The monoisotopic (exact) mass is 373 g/mol. The summed E-state index contributed by atoms with van der Waals surface area (Å²) in [5.74, 6) is -0.940. The van der Waals surface area contributed by atoms with Gasteiger partial charge in [-0.2, -0.15) is 0 Å². The Balaban J connectivity index is 1.86. The summed E-state index contributed by atoms with van der Waals surface area (Å²) in [6.45, 7) is 1.53. The van der Waals surface area contributed by atoms with E-state index in [2.05, 4.69) is 21.2 Å². The second kappa shape index (κ2) is 8.29. The lowest BCUT2D eigenvalue weighted by Gasteiger charge is -2.12. The third-order valence-corrected chi connectivity index (χ3v) is 3.51. The second-order valence-electron chi connectivity index (χ2n) is 4.82. The van der Waals surface area contributed by atoms with Gasteiger partial charge in [-0.25, -0.2) is 4.79 Å². The van der Waals surface area contributed by atoms with E-state index in [1.165, 1.54) is 13.0 Å². The minimum absolute atomic E-state index is 0.374. The molecule has 0 spiro atoms. The van der Waals surface area contributed by atoms with Crippen LogP contribution in [-0.4, -0.2) is 18.0 Å². The van der Waals surface area contributed by atoms with Gasteiger partial charge in [0.2, 0.25) is 0 Å². The number of ether oxygens (including phenoxy) is 1. The highest BCUT2D eigenvalue weighted by atomic mass is 79.9. The van der Waals surface area contributed by atoms with Gasteiger partial charge in [0.25, 0.3) is 5.91 Å². The van der Waals surface area contributed by atoms with Crippen LogP contribution in [0, 0.1) is 0 Å². The van der Waals surface area contributed by atoms with E-state index in [0.717, 1.165) is 10.0 Å². The van der Waals surface area contributed by atoms with E-state index in [4.69, 9.17) is 4.74 Å². The van der Waals surface area contributed by atoms with Crippen LogP contribution in [0.25, 0.3) is 6.08 Å². The third-order valence-electron chi connectivity index (χ3n) is 2.99. The summed E-state index contributed by atoms with van der Waals surface area (Å²) in [5.41, 5.74) is 1.53. The molecule has 23 heavy (non-hydrogen) atoms. The first-order chi connectivity index (χ1) is 11.0. The highest BCUT2D eigenvalue weighted by molar-refractivity contribution is 9.10. The summed E-state index contributed by atoms with van der Waals surface area (Å²) < 4.78 is 6.04. The first-order valence-electron chi connectivity index (χ1n) is 7.05. The van der Waals surface area contributed by atoms with E-state index in [1.807, 2.05) is 42.5 Å². The molecule has 0 aliphatic heterocycles. The number of amides is 1. The molecule has 1 amide bonds. The highest BCUT2D eigenvalue weighted by Crippen LogP contribution is 2.12. The number of halogens is 1. The largest absolute Gasteiger partial charge is 0.449 e. The topological polar surface area (TPSA) is 55.4 Å². The van der Waals surface area contributed by atoms with Gasteiger partial charge in [0.05, 0.1) is 0 Å². The summed E-state index contributed by atoms with van der Waals surface area (Å²) in [5, 5.41) is 2.68. The standard InChI is InChI=1S/C18H16BrNO3/c1-13(18(22)20-16-5-3-2-4-6-16)23-17(21)12-9-14-7-10-15(19)11-8-14/h2-13H,1H3,(H,20,22)/b12-9+/t13-/m1/s1. The van der Waals surface area contributed by atoms with Crippen LogP contribution in [0.2, 0.25) is 0 Å². The number of carbonyl (C=O) groups excluding carboxylic acids is 2. The highest BCUT2D eigenvalue weighted by Gasteiger charge is 2.16. The van der Waals surface area contributed by atoms with Crippen molar-refractivity contribution in [1.29, 1.82) is 0 Å². The normalized spacial score (nSPS) is 11.9. The number of benzene rings is 2. The van der Waals surface area contributed by atoms with E-state index >= 15 is 0 Å². The lowest BCUT2D eigenvalue weighted by Crippen LogP contribution is -2.29. The van der Waals surface area contributed by atoms with E-state index < -0.39 is 12.1 Å². The Kier molecular flexibility index (Phi) is 6.11. The lowest BCUT2D eigenvalue weighted by atomic mass is 10.2. The molecule has 5 heteroatoms. The van der Waals surface area contributed by atoms with Gasteiger partial charge in [-0.05, 0) is 42.8 Å². The minimum Gasteiger partial charge on any atom is -0.449 e. The van der Waals surface area contributed by atoms with E-state index in [0.29, 0.717) is 5.69 Å². The Hall–Kier alpha value is -2.40. The predicted molar refractivity (Wildman–Crippen MR) is 93.8 cm³/mol. The second-order valence-corrected chi connectivity index (χ2v) is 5.73. The van der Waals surface area contributed by atoms with Gasteiger partial charge < -0.3 is 10.1 Å². The molecule has 0 fully saturated rings. The molecule has 0 saturated heterocycles. The quantitative estimate of drug-likeness (QED) is 0.635. The van der Waals surface area contributed by atoms with Crippen LogP contribution < -0.4 is 5.32 Å². The van der Waals surface area contributed by atoms with E-state index in [9.17, 15) is 9.59 Å². The number of para-hydroxylation sites is 1. The van der Waals surface area contributed by atoms with Gasteiger partial charge in [0.1, 0.15) is 0 Å². The summed E-state index contributed by atoms with van der Waals surface area (Å²) in [6.07, 6.45) is 2.06. The fourth-order valence-electron chi connectivity index (χ4n) is 1.77. The van der Waals surface area contributed by atoms with Crippen LogP contribution in [0.5, 0.6) is 0 Å². The fourth-order valence-corrected chi connectivity index (χ4v) is 2.03. The van der Waals surface area contributed by atoms with Crippen molar-refractivity contribution < 1.29 is 14.3 Å². The summed E-state index contributed by atoms with van der Waals surface area (Å²) >= 11 is 3.34. The molecular formula is C18H16BrNO3. The molecule has 4 nitrogen and oxygen atoms in total. The van der Waals surface area contributed by atoms with Crippen LogP contribution >= 0.6 is 15.9 Å². The van der Waals surface area contributed by atoms with Crippen molar-refractivity contribution in [3.63, 3.8) is 0 Å². The number of anilines is 1. The number of hydrogen-bond acceptors (Lipinski definition) is 3. The van der Waals surface area contributed by atoms with Crippen molar-refractivity contribution >= 4 is 39.6 Å². The van der Waals surface area contributed by atoms with Crippen molar-refractivity contribution in [3.05, 3.63) is 70.7 Å². The Morgan fingerprint density at radius 1 is 1.09 bits per heavy atom. The molecule has 0 unspecified atom stereocenters. The summed E-state index contributed by atoms with van der Waals surface area (Å²) in [4.78, 5) is 23.7. The average Bonchev–Trinajstić information content (AvgIpc) is 2.55. The maximum Gasteiger partial charge on any atom is 0.331 e. The summed E-state index contributed by atoms with van der Waals surface area (Å²) in [6, 6.07) is 16.5. The Labute approximate surface area is 143 Å². The van der Waals surface area contributed by atoms with Crippen molar-refractivity contribution in [1.82, 2.24) is 0 Å². The van der Waals surface area contributed by atoms with Crippen LogP contribution in [0.1, 0.15) is 12.5 Å². The fraction of sp³-hybridized carbons (Fsp3) is 0.111. The van der Waals surface area contributed by atoms with E-state index in [-0.39, 0.29) is 5.91 Å². The third kappa shape index (κ3) is 5.71. The van der Waals surface area contributed by atoms with Crippen molar-refractivity contribution in [2.45, 2.75) is 13.0 Å². The van der Waals surface area contributed by atoms with Crippen molar-refractivity contribution in [2.75, 3.05) is 5.32 Å². The average molecular weight is 374 g/mol. The van der Waals surface area contributed by atoms with Gasteiger partial charge in [-0.15, -0.1) is 0 Å². The predicted octanol–water partition coefficient (Wildman–Crippen LogP) is 4.03. The van der Waals surface area contributed by atoms with Crippen LogP contribution in [0.4, 0.5) is 5.69 Å². The van der Waals surface area contributed by atoms with Crippen molar-refractivity contribution in [2.24, 2.45) is 0 Å². The Bertz CT molecular complexity index is 696. The first-order valence-corrected chi connectivity index (χ1v) is 7.84. The number of hydrogen-bond donors (Lipinski definition) is 1. The van der Waals surface area contributed by atoms with Gasteiger partial charge >= 0.3 is 5.97 Å². The van der Waals surface area contributed by atoms with Crippen LogP contribution in [0.15, 0.2) is 65.1 Å². The van der Waals surface area contributed by atoms with Gasteiger partial charge in [-0.3, -0.25) is 4.79 Å². The van der Waals surface area contributed by atoms with Crippen LogP contribution in [-0.2, 0) is 14.3 Å². The first kappa shape index (κ1) is 17.0. The van der Waals surface area contributed by atoms with Gasteiger partial charge in [0.15, 0.2) is 6.10 Å². The smallest absolute Gasteiger partial charge is 0.331 e. The maximum absolute atomic E-state index is 11.9. The molecule has 2 aromatic rings. The van der Waals surface area contributed by atoms with Crippen LogP contribution in [0.3, 0.4) is 0 Å². The molecule has 2 aromatic carbocycles. The Morgan fingerprint density at radius 2 is 1.74 bits per heavy atom. The molecule has 1 N–H and O–H groups in total. The molecule has 0 aliphatic rings. The molecule has 2 rings (SSSR count). The molecule has 0 aliphatic carbocycles. The lowest BCUT2D eigenvalue weighted by molar-refractivity contribution is -0.148. The molecule has 1 atom stereocenters. The number of carbonyl (C=O) groups is 2.